The average Bonchev–Trinajstić information content (AvgIpc) is 3.20. The van der Waals surface area contributed by atoms with Crippen LogP contribution >= 0.6 is 7.60 Å². The van der Waals surface area contributed by atoms with E-state index in [0.717, 1.165) is 21.3 Å². The summed E-state index contributed by atoms with van der Waals surface area (Å²) in [7, 11) is -0.629. The summed E-state index contributed by atoms with van der Waals surface area (Å²) in [5.74, 6) is -3.39. The quantitative estimate of drug-likeness (QED) is 0.368. The second-order valence-corrected chi connectivity index (χ2v) is 10.1. The van der Waals surface area contributed by atoms with Gasteiger partial charge in [0, 0.05) is 25.7 Å². The molecule has 1 aliphatic heterocycles. The van der Waals surface area contributed by atoms with Gasteiger partial charge in [-0.3, -0.25) is 14.2 Å². The first kappa shape index (κ1) is 23.9. The number of hydrogen-bond donors (Lipinski definition) is 0. The van der Waals surface area contributed by atoms with Gasteiger partial charge in [0.15, 0.2) is 5.66 Å². The molecule has 2 heterocycles. The van der Waals surface area contributed by atoms with Gasteiger partial charge in [-0.1, -0.05) is 48.5 Å². The summed E-state index contributed by atoms with van der Waals surface area (Å²) >= 11 is 0. The van der Waals surface area contributed by atoms with E-state index in [4.69, 9.17) is 18.5 Å². The molecule has 178 valence electrons. The van der Waals surface area contributed by atoms with Crippen LogP contribution in [0.5, 0.6) is 5.88 Å². The number of aromatic nitrogens is 2. The number of rotatable bonds is 7. The molecule has 10 heteroatoms. The Morgan fingerprint density at radius 1 is 1.03 bits per heavy atom. The van der Waals surface area contributed by atoms with Crippen molar-refractivity contribution in [3.8, 4) is 11.6 Å². The molecular formula is C24H25N2O7P. The lowest BCUT2D eigenvalue weighted by atomic mass is 9.77. The lowest BCUT2D eigenvalue weighted by molar-refractivity contribution is -0.150. The highest BCUT2D eigenvalue weighted by Crippen LogP contribution is 2.59. The fourth-order valence-corrected chi connectivity index (χ4v) is 6.09. The lowest BCUT2D eigenvalue weighted by Gasteiger charge is -2.36. The minimum atomic E-state index is -4.11. The van der Waals surface area contributed by atoms with Crippen molar-refractivity contribution < 1.29 is 32.7 Å². The molecule has 0 saturated carbocycles. The SMILES string of the molecule is COC(=O)C(C1C(=O)Oc2c(c(C)nn2-c2ccccc2)C1c1ccccc1)P(=O)(OC)OC. The predicted octanol–water partition coefficient (Wildman–Crippen LogP) is 3.88. The number of methoxy groups -OCH3 is 1. The first-order chi connectivity index (χ1) is 16.4. The van der Waals surface area contributed by atoms with Crippen LogP contribution in [0, 0.1) is 12.8 Å². The van der Waals surface area contributed by atoms with Crippen LogP contribution in [-0.4, -0.2) is 48.7 Å². The number of carbonyl (C=O) groups excluding carboxylic acids is 2. The van der Waals surface area contributed by atoms with Crippen LogP contribution in [0.15, 0.2) is 60.7 Å². The molecule has 3 unspecified atom stereocenters. The van der Waals surface area contributed by atoms with E-state index in [9.17, 15) is 14.2 Å². The Morgan fingerprint density at radius 2 is 1.62 bits per heavy atom. The van der Waals surface area contributed by atoms with E-state index in [1.807, 2.05) is 60.7 Å². The third-order valence-corrected chi connectivity index (χ3v) is 8.23. The minimum absolute atomic E-state index is 0.243. The maximum atomic E-state index is 13.6. The molecular weight excluding hydrogens is 459 g/mol. The molecule has 1 aromatic heterocycles. The van der Waals surface area contributed by atoms with Gasteiger partial charge in [0.05, 0.1) is 24.4 Å². The first-order valence-corrected chi connectivity index (χ1v) is 12.2. The van der Waals surface area contributed by atoms with Crippen molar-refractivity contribution >= 4 is 19.5 Å². The topological polar surface area (TPSA) is 106 Å². The number of benzene rings is 2. The maximum Gasteiger partial charge on any atom is 0.345 e. The molecule has 0 spiro atoms. The summed E-state index contributed by atoms with van der Waals surface area (Å²) in [6.45, 7) is 1.80. The monoisotopic (exact) mass is 484 g/mol. The van der Waals surface area contributed by atoms with Gasteiger partial charge >= 0.3 is 19.5 Å². The summed E-state index contributed by atoms with van der Waals surface area (Å²) in [5, 5.41) is 4.63. The normalized spacial score (nSPS) is 18.6. The van der Waals surface area contributed by atoms with Crippen molar-refractivity contribution in [1.29, 1.82) is 0 Å². The van der Waals surface area contributed by atoms with E-state index in [1.165, 1.54) is 0 Å². The van der Waals surface area contributed by atoms with Gasteiger partial charge in [0.25, 0.3) is 0 Å². The number of aryl methyl sites for hydroxylation is 1. The number of carbonyl (C=O) groups is 2. The third kappa shape index (κ3) is 3.96. The zero-order valence-corrected chi connectivity index (χ0v) is 20.1. The smallest absolute Gasteiger partial charge is 0.345 e. The number of ether oxygens (including phenoxy) is 2. The Hall–Kier alpha value is -3.26. The zero-order chi connectivity index (χ0) is 24.5. The van der Waals surface area contributed by atoms with Crippen molar-refractivity contribution in [3.05, 3.63) is 77.5 Å². The molecule has 9 nitrogen and oxygen atoms in total. The Morgan fingerprint density at radius 3 is 2.18 bits per heavy atom. The van der Waals surface area contributed by atoms with Crippen LogP contribution in [0.2, 0.25) is 0 Å². The molecule has 34 heavy (non-hydrogen) atoms. The van der Waals surface area contributed by atoms with Gasteiger partial charge < -0.3 is 18.5 Å². The molecule has 0 bridgehead atoms. The van der Waals surface area contributed by atoms with Crippen molar-refractivity contribution in [3.63, 3.8) is 0 Å². The molecule has 0 amide bonds. The second kappa shape index (κ2) is 9.54. The van der Waals surface area contributed by atoms with E-state index < -0.39 is 37.0 Å². The Kier molecular flexibility index (Phi) is 6.70. The molecule has 2 aromatic carbocycles. The van der Waals surface area contributed by atoms with Gasteiger partial charge in [-0.2, -0.15) is 5.10 Å². The molecule has 0 aliphatic carbocycles. The van der Waals surface area contributed by atoms with Crippen LogP contribution in [0.1, 0.15) is 22.7 Å². The summed E-state index contributed by atoms with van der Waals surface area (Å²) in [6, 6.07) is 18.4. The minimum Gasteiger partial charge on any atom is -0.468 e. The Bertz CT molecular complexity index is 1230. The van der Waals surface area contributed by atoms with E-state index >= 15 is 0 Å². The van der Waals surface area contributed by atoms with E-state index in [-0.39, 0.29) is 5.88 Å². The average molecular weight is 484 g/mol. The summed E-state index contributed by atoms with van der Waals surface area (Å²) in [4.78, 5) is 26.5. The van der Waals surface area contributed by atoms with Crippen LogP contribution < -0.4 is 4.74 Å². The van der Waals surface area contributed by atoms with Crippen molar-refractivity contribution in [1.82, 2.24) is 9.78 Å². The molecule has 0 fully saturated rings. The van der Waals surface area contributed by atoms with Gasteiger partial charge in [-0.05, 0) is 24.6 Å². The summed E-state index contributed by atoms with van der Waals surface area (Å²) in [6.07, 6.45) is 0. The van der Waals surface area contributed by atoms with Crippen LogP contribution in [-0.2, 0) is 27.9 Å². The lowest BCUT2D eigenvalue weighted by Crippen LogP contribution is -2.45. The van der Waals surface area contributed by atoms with E-state index in [0.29, 0.717) is 22.5 Å². The zero-order valence-electron chi connectivity index (χ0n) is 19.2. The highest BCUT2D eigenvalue weighted by molar-refractivity contribution is 7.55. The highest BCUT2D eigenvalue weighted by Gasteiger charge is 2.56. The maximum absolute atomic E-state index is 13.6. The molecule has 3 atom stereocenters. The van der Waals surface area contributed by atoms with E-state index in [1.54, 1.807) is 11.6 Å². The first-order valence-electron chi connectivity index (χ1n) is 10.6. The number of esters is 2. The van der Waals surface area contributed by atoms with Gasteiger partial charge in [0.1, 0.15) is 0 Å². The third-order valence-electron chi connectivity index (χ3n) is 5.99. The summed E-state index contributed by atoms with van der Waals surface area (Å²) < 4.78 is 36.1. The van der Waals surface area contributed by atoms with Crippen molar-refractivity contribution in [2.75, 3.05) is 21.3 Å². The van der Waals surface area contributed by atoms with Crippen molar-refractivity contribution in [2.24, 2.45) is 5.92 Å². The molecule has 0 N–H and O–H groups in total. The molecule has 1 aliphatic rings. The second-order valence-electron chi connectivity index (χ2n) is 7.76. The number of hydrogen-bond acceptors (Lipinski definition) is 8. The van der Waals surface area contributed by atoms with Crippen molar-refractivity contribution in [2.45, 2.75) is 18.5 Å². The predicted molar refractivity (Wildman–Crippen MR) is 123 cm³/mol. The molecule has 3 aromatic rings. The van der Waals surface area contributed by atoms with Gasteiger partial charge in [-0.25, -0.2) is 4.68 Å². The standard InChI is InChI=1S/C24H25N2O7P/c1-15-18-19(16-11-7-5-8-12-16)20(21(24(28)30-2)34(29,31-3)32-4)23(27)33-22(18)26(25-15)17-13-9-6-10-14-17/h5-14,19-21H,1-4H3. The van der Waals surface area contributed by atoms with Crippen LogP contribution in [0.4, 0.5) is 0 Å². The van der Waals surface area contributed by atoms with Crippen LogP contribution in [0.3, 0.4) is 0 Å². The Labute approximate surface area is 197 Å². The number of nitrogens with zero attached hydrogens (tertiary/aromatic N) is 2. The van der Waals surface area contributed by atoms with Gasteiger partial charge in [-0.15, -0.1) is 0 Å². The fraction of sp³-hybridized carbons (Fsp3) is 0.292. The molecule has 0 radical (unpaired) electrons. The fourth-order valence-electron chi connectivity index (χ4n) is 4.44. The summed E-state index contributed by atoms with van der Waals surface area (Å²) in [5.41, 5.74) is 1.06. The van der Waals surface area contributed by atoms with Crippen LogP contribution in [0.25, 0.3) is 5.69 Å². The number of fused-ring (bicyclic) bond motifs is 1. The Balaban J connectivity index is 1.98. The van der Waals surface area contributed by atoms with E-state index in [2.05, 4.69) is 5.10 Å². The molecule has 0 saturated heterocycles. The highest BCUT2D eigenvalue weighted by atomic mass is 31.2. The number of para-hydroxylation sites is 1. The van der Waals surface area contributed by atoms with Gasteiger partial charge in [0.2, 0.25) is 5.88 Å². The largest absolute Gasteiger partial charge is 0.468 e. The molecule has 4 rings (SSSR count).